The van der Waals surface area contributed by atoms with Gasteiger partial charge < -0.3 is 15.1 Å². The second-order valence-electron chi connectivity index (χ2n) is 6.76. The Hall–Kier alpha value is -3.41. The highest BCUT2D eigenvalue weighted by Crippen LogP contribution is 2.24. The molecule has 1 heterocycles. The van der Waals surface area contributed by atoms with E-state index in [1.54, 1.807) is 12.3 Å². The van der Waals surface area contributed by atoms with Crippen LogP contribution in [0.3, 0.4) is 0 Å². The van der Waals surface area contributed by atoms with E-state index < -0.39 is 0 Å². The number of carbonyl (C=O) groups is 1. The molecule has 0 unspecified atom stereocenters. The Morgan fingerprint density at radius 1 is 1.00 bits per heavy atom. The van der Waals surface area contributed by atoms with Crippen molar-refractivity contribution in [1.82, 2.24) is 9.97 Å². The van der Waals surface area contributed by atoms with Gasteiger partial charge in [0.05, 0.1) is 0 Å². The monoisotopic (exact) mass is 389 g/mol. The zero-order valence-corrected chi connectivity index (χ0v) is 17.4. The van der Waals surface area contributed by atoms with E-state index in [-0.39, 0.29) is 5.91 Å². The lowest BCUT2D eigenvalue weighted by Crippen LogP contribution is -2.22. The first-order chi connectivity index (χ1) is 14.0. The number of hydrogen-bond acceptors (Lipinski definition) is 5. The van der Waals surface area contributed by atoms with Gasteiger partial charge in [0.1, 0.15) is 5.69 Å². The summed E-state index contributed by atoms with van der Waals surface area (Å²) in [6, 6.07) is 17.5. The van der Waals surface area contributed by atoms with Crippen molar-refractivity contribution in [3.8, 4) is 0 Å². The molecule has 150 valence electrons. The van der Waals surface area contributed by atoms with Gasteiger partial charge in [0.15, 0.2) is 0 Å². The Balaban J connectivity index is 1.78. The largest absolute Gasteiger partial charge is 0.372 e. The van der Waals surface area contributed by atoms with Crippen molar-refractivity contribution in [2.75, 3.05) is 35.3 Å². The summed E-state index contributed by atoms with van der Waals surface area (Å²) in [5.41, 5.74) is 4.22. The summed E-state index contributed by atoms with van der Waals surface area (Å²) < 4.78 is 0. The van der Waals surface area contributed by atoms with Gasteiger partial charge in [0, 0.05) is 43.4 Å². The van der Waals surface area contributed by atoms with E-state index in [9.17, 15) is 4.79 Å². The Kier molecular flexibility index (Phi) is 6.44. The maximum absolute atomic E-state index is 12.8. The molecule has 0 saturated heterocycles. The predicted octanol–water partition coefficient (Wildman–Crippen LogP) is 4.65. The van der Waals surface area contributed by atoms with E-state index in [0.29, 0.717) is 11.6 Å². The molecule has 0 aliphatic rings. The third kappa shape index (κ3) is 4.71. The summed E-state index contributed by atoms with van der Waals surface area (Å²) in [6.45, 7) is 8.15. The fourth-order valence-corrected chi connectivity index (χ4v) is 3.16. The van der Waals surface area contributed by atoms with Crippen LogP contribution in [0.15, 0.2) is 60.8 Å². The van der Waals surface area contributed by atoms with Crippen molar-refractivity contribution in [2.45, 2.75) is 20.8 Å². The number of carbonyl (C=O) groups excluding carboxylic acids is 1. The Morgan fingerprint density at radius 2 is 1.72 bits per heavy atom. The average molecular weight is 390 g/mol. The number of rotatable bonds is 7. The fraction of sp³-hybridized carbons (Fsp3) is 0.261. The molecule has 2 aromatic carbocycles. The molecule has 0 aliphatic heterocycles. The predicted molar refractivity (Wildman–Crippen MR) is 119 cm³/mol. The lowest BCUT2D eigenvalue weighted by molar-refractivity contribution is 0.102. The standard InChI is InChI=1S/C23H27N5O/c1-5-28(6-2)19-12-13-20(17(3)16-19)25-22(29)21-14-15-24-23(26-21)27(4)18-10-8-7-9-11-18/h7-16H,5-6H2,1-4H3,(H,25,29). The summed E-state index contributed by atoms with van der Waals surface area (Å²) in [5.74, 6) is 0.214. The van der Waals surface area contributed by atoms with E-state index in [4.69, 9.17) is 0 Å². The first kappa shape index (κ1) is 20.3. The molecule has 6 heteroatoms. The lowest BCUT2D eigenvalue weighted by atomic mass is 10.1. The Morgan fingerprint density at radius 3 is 2.38 bits per heavy atom. The molecule has 0 aliphatic carbocycles. The van der Waals surface area contributed by atoms with Crippen LogP contribution in [0.4, 0.5) is 23.0 Å². The van der Waals surface area contributed by atoms with E-state index in [1.165, 1.54) is 0 Å². The SMILES string of the molecule is CCN(CC)c1ccc(NC(=O)c2ccnc(N(C)c3ccccc3)n2)c(C)c1. The van der Waals surface area contributed by atoms with Gasteiger partial charge in [0.25, 0.3) is 5.91 Å². The minimum atomic E-state index is -0.256. The van der Waals surface area contributed by atoms with Crippen molar-refractivity contribution in [1.29, 1.82) is 0 Å². The molecule has 0 saturated carbocycles. The van der Waals surface area contributed by atoms with E-state index in [0.717, 1.165) is 35.7 Å². The molecule has 1 N–H and O–H groups in total. The second-order valence-corrected chi connectivity index (χ2v) is 6.76. The first-order valence-corrected chi connectivity index (χ1v) is 9.82. The molecule has 3 rings (SSSR count). The maximum atomic E-state index is 12.8. The van der Waals surface area contributed by atoms with Crippen LogP contribution >= 0.6 is 0 Å². The molecule has 0 fully saturated rings. The number of amides is 1. The van der Waals surface area contributed by atoms with Gasteiger partial charge in [-0.15, -0.1) is 0 Å². The highest BCUT2D eigenvalue weighted by atomic mass is 16.1. The van der Waals surface area contributed by atoms with Crippen LogP contribution in [0.5, 0.6) is 0 Å². The van der Waals surface area contributed by atoms with Crippen LogP contribution < -0.4 is 15.1 Å². The van der Waals surface area contributed by atoms with Gasteiger partial charge in [-0.1, -0.05) is 18.2 Å². The molecule has 0 bridgehead atoms. The minimum absolute atomic E-state index is 0.256. The second kappa shape index (κ2) is 9.19. The molecule has 1 aromatic heterocycles. The summed E-state index contributed by atoms with van der Waals surface area (Å²) in [4.78, 5) is 25.6. The number of nitrogens with zero attached hydrogens (tertiary/aromatic N) is 4. The van der Waals surface area contributed by atoms with Crippen LogP contribution in [-0.4, -0.2) is 36.0 Å². The fourth-order valence-electron chi connectivity index (χ4n) is 3.16. The number of para-hydroxylation sites is 1. The first-order valence-electron chi connectivity index (χ1n) is 9.82. The van der Waals surface area contributed by atoms with E-state index in [2.05, 4.69) is 40.1 Å². The summed E-state index contributed by atoms with van der Waals surface area (Å²) >= 11 is 0. The normalized spacial score (nSPS) is 10.5. The zero-order valence-electron chi connectivity index (χ0n) is 17.4. The zero-order chi connectivity index (χ0) is 20.8. The van der Waals surface area contributed by atoms with Crippen molar-refractivity contribution in [3.05, 3.63) is 72.1 Å². The van der Waals surface area contributed by atoms with E-state index in [1.807, 2.05) is 61.3 Å². The molecule has 3 aromatic rings. The summed E-state index contributed by atoms with van der Waals surface area (Å²) in [6.07, 6.45) is 1.60. The Bertz CT molecular complexity index is 970. The van der Waals surface area contributed by atoms with Gasteiger partial charge in [-0.05, 0) is 62.7 Å². The summed E-state index contributed by atoms with van der Waals surface area (Å²) in [5, 5.41) is 2.97. The van der Waals surface area contributed by atoms with Crippen molar-refractivity contribution >= 4 is 28.9 Å². The third-order valence-electron chi connectivity index (χ3n) is 4.91. The van der Waals surface area contributed by atoms with Crippen LogP contribution in [0.2, 0.25) is 0 Å². The van der Waals surface area contributed by atoms with Crippen LogP contribution in [0.1, 0.15) is 29.9 Å². The highest BCUT2D eigenvalue weighted by Gasteiger charge is 2.14. The van der Waals surface area contributed by atoms with Crippen LogP contribution in [0.25, 0.3) is 0 Å². The number of aromatic nitrogens is 2. The van der Waals surface area contributed by atoms with E-state index >= 15 is 0 Å². The third-order valence-corrected chi connectivity index (χ3v) is 4.91. The molecular weight excluding hydrogens is 362 g/mol. The number of nitrogens with one attached hydrogen (secondary N) is 1. The number of anilines is 4. The van der Waals surface area contributed by atoms with Gasteiger partial charge in [-0.3, -0.25) is 4.79 Å². The smallest absolute Gasteiger partial charge is 0.274 e. The van der Waals surface area contributed by atoms with Gasteiger partial charge in [-0.25, -0.2) is 9.97 Å². The number of hydrogen-bond donors (Lipinski definition) is 1. The van der Waals surface area contributed by atoms with Gasteiger partial charge in [0.2, 0.25) is 5.95 Å². The van der Waals surface area contributed by atoms with Crippen molar-refractivity contribution < 1.29 is 4.79 Å². The molecule has 0 radical (unpaired) electrons. The number of benzene rings is 2. The van der Waals surface area contributed by atoms with Crippen LogP contribution in [0, 0.1) is 6.92 Å². The van der Waals surface area contributed by atoms with Crippen LogP contribution in [-0.2, 0) is 0 Å². The molecule has 0 spiro atoms. The topological polar surface area (TPSA) is 61.4 Å². The van der Waals surface area contributed by atoms with Gasteiger partial charge in [-0.2, -0.15) is 0 Å². The molecular formula is C23H27N5O. The average Bonchev–Trinajstić information content (AvgIpc) is 2.76. The van der Waals surface area contributed by atoms with Crippen molar-refractivity contribution in [3.63, 3.8) is 0 Å². The molecule has 1 amide bonds. The summed E-state index contributed by atoms with van der Waals surface area (Å²) in [7, 11) is 1.88. The molecule has 29 heavy (non-hydrogen) atoms. The quantitative estimate of drug-likeness (QED) is 0.637. The maximum Gasteiger partial charge on any atom is 0.274 e. The lowest BCUT2D eigenvalue weighted by Gasteiger charge is -2.22. The molecule has 6 nitrogen and oxygen atoms in total. The van der Waals surface area contributed by atoms with Crippen molar-refractivity contribution in [2.24, 2.45) is 0 Å². The Labute approximate surface area is 172 Å². The minimum Gasteiger partial charge on any atom is -0.372 e. The molecule has 0 atom stereocenters. The van der Waals surface area contributed by atoms with Gasteiger partial charge >= 0.3 is 0 Å². The number of aryl methyl sites for hydroxylation is 1. The highest BCUT2D eigenvalue weighted by molar-refractivity contribution is 6.03.